The maximum absolute atomic E-state index is 11.8. The molecule has 1 heterocycles. The molecular weight excluding hydrogens is 288 g/mol. The molecule has 2 aromatic carbocycles. The topological polar surface area (TPSA) is 96.2 Å². The number of rotatable bonds is 2. The first-order valence-electron chi connectivity index (χ1n) is 6.63. The lowest BCUT2D eigenvalue weighted by Crippen LogP contribution is -2.21. The zero-order valence-electron chi connectivity index (χ0n) is 11.7. The Bertz CT molecular complexity index is 753. The van der Waals surface area contributed by atoms with Gasteiger partial charge in [0.25, 0.3) is 0 Å². The third-order valence-electron chi connectivity index (χ3n) is 3.65. The van der Waals surface area contributed by atoms with E-state index in [1.54, 1.807) is 12.1 Å². The lowest BCUT2D eigenvalue weighted by atomic mass is 9.85. The number of phenols is 3. The zero-order chi connectivity index (χ0) is 15.9. The number of hydrogen-bond donors (Lipinski definition) is 3. The minimum absolute atomic E-state index is 0.0141. The highest BCUT2D eigenvalue weighted by atomic mass is 16.5. The van der Waals surface area contributed by atoms with Crippen LogP contribution in [0.2, 0.25) is 0 Å². The van der Waals surface area contributed by atoms with E-state index >= 15 is 0 Å². The summed E-state index contributed by atoms with van der Waals surface area (Å²) in [6.45, 7) is 0. The number of fused-ring (bicyclic) bond motifs is 1. The smallest absolute Gasteiger partial charge is 0.312 e. The Morgan fingerprint density at radius 2 is 1.91 bits per heavy atom. The van der Waals surface area contributed by atoms with Gasteiger partial charge in [-0.25, -0.2) is 0 Å². The quantitative estimate of drug-likeness (QED) is 0.581. The Labute approximate surface area is 126 Å². The summed E-state index contributed by atoms with van der Waals surface area (Å²) in [6, 6.07) is 7.20. The average Bonchev–Trinajstić information content (AvgIpc) is 2.46. The number of benzene rings is 2. The van der Waals surface area contributed by atoms with Gasteiger partial charge < -0.3 is 24.8 Å². The second kappa shape index (κ2) is 5.14. The number of esters is 1. The summed E-state index contributed by atoms with van der Waals surface area (Å²) in [5.74, 6) is -0.866. The average molecular weight is 302 g/mol. The molecular formula is C16H14O6. The highest BCUT2D eigenvalue weighted by molar-refractivity contribution is 5.79. The van der Waals surface area contributed by atoms with E-state index in [1.807, 2.05) is 0 Å². The summed E-state index contributed by atoms with van der Waals surface area (Å²) in [6.07, 6.45) is 0.0409. The van der Waals surface area contributed by atoms with Crippen molar-refractivity contribution in [3.63, 3.8) is 0 Å². The number of carbonyl (C=O) groups excluding carboxylic acids is 1. The van der Waals surface area contributed by atoms with Crippen LogP contribution < -0.4 is 9.47 Å². The van der Waals surface area contributed by atoms with Crippen molar-refractivity contribution in [1.29, 1.82) is 0 Å². The van der Waals surface area contributed by atoms with E-state index < -0.39 is 11.9 Å². The van der Waals surface area contributed by atoms with E-state index in [0.717, 1.165) is 0 Å². The molecule has 3 N–H and O–H groups in total. The molecule has 22 heavy (non-hydrogen) atoms. The Balaban J connectivity index is 2.15. The molecule has 1 aliphatic heterocycles. The van der Waals surface area contributed by atoms with Crippen molar-refractivity contribution in [3.05, 3.63) is 41.5 Å². The van der Waals surface area contributed by atoms with Gasteiger partial charge in [-0.2, -0.15) is 0 Å². The van der Waals surface area contributed by atoms with E-state index in [0.29, 0.717) is 11.1 Å². The number of ether oxygens (including phenoxy) is 2. The predicted octanol–water partition coefficient (Wildman–Crippen LogP) is 2.25. The van der Waals surface area contributed by atoms with Gasteiger partial charge in [-0.15, -0.1) is 0 Å². The van der Waals surface area contributed by atoms with E-state index in [1.165, 1.54) is 25.3 Å². The lowest BCUT2D eigenvalue weighted by Gasteiger charge is -2.26. The third-order valence-corrected chi connectivity index (χ3v) is 3.65. The molecule has 114 valence electrons. The van der Waals surface area contributed by atoms with Gasteiger partial charge >= 0.3 is 5.97 Å². The Hall–Kier alpha value is -2.89. The van der Waals surface area contributed by atoms with Crippen LogP contribution in [0.3, 0.4) is 0 Å². The molecule has 0 radical (unpaired) electrons. The molecule has 6 heteroatoms. The van der Waals surface area contributed by atoms with Crippen LogP contribution in [0.5, 0.6) is 28.7 Å². The molecule has 0 spiro atoms. The number of methoxy groups -OCH3 is 1. The first-order valence-corrected chi connectivity index (χ1v) is 6.63. The highest BCUT2D eigenvalue weighted by Crippen LogP contribution is 2.46. The van der Waals surface area contributed by atoms with E-state index in [9.17, 15) is 20.1 Å². The molecule has 0 bridgehead atoms. The molecule has 2 aromatic rings. The maximum Gasteiger partial charge on any atom is 0.312 e. The molecule has 1 aliphatic rings. The normalized spacial score (nSPS) is 16.8. The van der Waals surface area contributed by atoms with Crippen LogP contribution in [0.15, 0.2) is 30.3 Å². The van der Waals surface area contributed by atoms with Crippen molar-refractivity contribution in [2.24, 2.45) is 0 Å². The summed E-state index contributed by atoms with van der Waals surface area (Å²) in [4.78, 5) is 11.8. The van der Waals surface area contributed by atoms with E-state index in [-0.39, 0.29) is 35.2 Å². The van der Waals surface area contributed by atoms with Crippen molar-refractivity contribution in [2.45, 2.75) is 12.3 Å². The minimum atomic E-state index is -0.463. The fraction of sp³-hybridized carbons (Fsp3) is 0.188. The van der Waals surface area contributed by atoms with Crippen molar-refractivity contribution in [2.75, 3.05) is 7.11 Å². The fourth-order valence-corrected chi connectivity index (χ4v) is 2.66. The van der Waals surface area contributed by atoms with Crippen LogP contribution in [-0.2, 0) is 4.79 Å². The van der Waals surface area contributed by atoms with Crippen molar-refractivity contribution < 1.29 is 29.6 Å². The third kappa shape index (κ3) is 2.28. The van der Waals surface area contributed by atoms with Gasteiger partial charge in [-0.3, -0.25) is 4.79 Å². The summed E-state index contributed by atoms with van der Waals surface area (Å²) in [7, 11) is 1.43. The molecule has 3 rings (SSSR count). The molecule has 1 atom stereocenters. The van der Waals surface area contributed by atoms with Gasteiger partial charge in [0.2, 0.25) is 0 Å². The van der Waals surface area contributed by atoms with Crippen molar-refractivity contribution in [3.8, 4) is 28.7 Å². The number of phenolic OH excluding ortho intramolecular Hbond substituents is 3. The molecule has 0 saturated carbocycles. The first kappa shape index (κ1) is 14.1. The van der Waals surface area contributed by atoms with Crippen LogP contribution in [-0.4, -0.2) is 28.4 Å². The van der Waals surface area contributed by atoms with Crippen LogP contribution in [0, 0.1) is 0 Å². The zero-order valence-corrected chi connectivity index (χ0v) is 11.7. The van der Waals surface area contributed by atoms with Gasteiger partial charge in [-0.1, -0.05) is 6.07 Å². The molecule has 0 amide bonds. The standard InChI is InChI=1S/C16H14O6/c1-21-13-4-8(2-3-11(13)18)10-7-15(20)22-14-6-9(17)5-12(19)16(10)14/h2-6,10,17-19H,7H2,1H3. The predicted molar refractivity (Wildman–Crippen MR) is 76.5 cm³/mol. The van der Waals surface area contributed by atoms with Crippen LogP contribution >= 0.6 is 0 Å². The van der Waals surface area contributed by atoms with Crippen molar-refractivity contribution >= 4 is 5.97 Å². The van der Waals surface area contributed by atoms with E-state index in [4.69, 9.17) is 9.47 Å². The van der Waals surface area contributed by atoms with Crippen LogP contribution in [0.25, 0.3) is 0 Å². The molecule has 6 nitrogen and oxygen atoms in total. The summed E-state index contributed by atoms with van der Waals surface area (Å²) < 4.78 is 10.2. The van der Waals surface area contributed by atoms with Gasteiger partial charge in [0, 0.05) is 23.6 Å². The second-order valence-electron chi connectivity index (χ2n) is 5.04. The van der Waals surface area contributed by atoms with Gasteiger partial charge in [0.1, 0.15) is 17.2 Å². The molecule has 0 saturated heterocycles. The largest absolute Gasteiger partial charge is 0.508 e. The van der Waals surface area contributed by atoms with Crippen LogP contribution in [0.4, 0.5) is 0 Å². The second-order valence-corrected chi connectivity index (χ2v) is 5.04. The fourth-order valence-electron chi connectivity index (χ4n) is 2.66. The number of hydrogen-bond acceptors (Lipinski definition) is 6. The monoisotopic (exact) mass is 302 g/mol. The van der Waals surface area contributed by atoms with Gasteiger partial charge in [0.15, 0.2) is 11.5 Å². The molecule has 0 aromatic heterocycles. The molecule has 0 fully saturated rings. The first-order chi connectivity index (χ1) is 10.5. The Morgan fingerprint density at radius 3 is 2.64 bits per heavy atom. The van der Waals surface area contributed by atoms with E-state index in [2.05, 4.69) is 0 Å². The SMILES string of the molecule is COc1cc(C2CC(=O)Oc3cc(O)cc(O)c32)ccc1O. The Kier molecular flexibility index (Phi) is 3.29. The molecule has 1 unspecified atom stereocenters. The number of aromatic hydroxyl groups is 3. The number of carbonyl (C=O) groups is 1. The highest BCUT2D eigenvalue weighted by Gasteiger charge is 2.32. The summed E-state index contributed by atoms with van der Waals surface area (Å²) in [5.41, 5.74) is 1.11. The van der Waals surface area contributed by atoms with Gasteiger partial charge in [0.05, 0.1) is 13.5 Å². The van der Waals surface area contributed by atoms with Crippen LogP contribution in [0.1, 0.15) is 23.5 Å². The molecule has 0 aliphatic carbocycles. The summed E-state index contributed by atoms with van der Waals surface area (Å²) >= 11 is 0. The minimum Gasteiger partial charge on any atom is -0.508 e. The lowest BCUT2D eigenvalue weighted by molar-refractivity contribution is -0.135. The summed E-state index contributed by atoms with van der Waals surface area (Å²) in [5, 5.41) is 29.3. The van der Waals surface area contributed by atoms with Gasteiger partial charge in [-0.05, 0) is 17.7 Å². The van der Waals surface area contributed by atoms with Crippen molar-refractivity contribution in [1.82, 2.24) is 0 Å². The Morgan fingerprint density at radius 1 is 1.14 bits per heavy atom. The maximum atomic E-state index is 11.8.